The van der Waals surface area contributed by atoms with Crippen molar-refractivity contribution in [1.29, 1.82) is 0 Å². The molecule has 2 heterocycles. The molecular weight excluding hydrogens is 336 g/mol. The smallest absolute Gasteiger partial charge is 0.337 e. The lowest BCUT2D eigenvalue weighted by Gasteiger charge is -2.18. The highest BCUT2D eigenvalue weighted by Crippen LogP contribution is 2.24. The second-order valence-corrected chi connectivity index (χ2v) is 5.83. The summed E-state index contributed by atoms with van der Waals surface area (Å²) in [7, 11) is 0. The number of aromatic nitrogens is 2. The third-order valence-electron chi connectivity index (χ3n) is 3.78. The second kappa shape index (κ2) is 6.52. The lowest BCUT2D eigenvalue weighted by molar-refractivity contribution is 0.208. The van der Waals surface area contributed by atoms with E-state index in [9.17, 15) is 14.7 Å². The van der Waals surface area contributed by atoms with E-state index in [1.807, 2.05) is 6.92 Å². The fraction of sp³-hybridized carbons (Fsp3) is 0.312. The van der Waals surface area contributed by atoms with Crippen molar-refractivity contribution in [3.63, 3.8) is 0 Å². The van der Waals surface area contributed by atoms with Crippen LogP contribution in [0.5, 0.6) is 6.01 Å². The number of nitrogens with one attached hydrogen (secondary N) is 1. The topological polar surface area (TPSA) is 105 Å². The Morgan fingerprint density at radius 1 is 1.50 bits per heavy atom. The summed E-state index contributed by atoms with van der Waals surface area (Å²) >= 11 is 5.81. The maximum Gasteiger partial charge on any atom is 0.337 e. The van der Waals surface area contributed by atoms with Crippen molar-refractivity contribution in [1.82, 2.24) is 9.97 Å². The zero-order chi connectivity index (χ0) is 17.3. The number of hydrogen-bond acceptors (Lipinski definition) is 6. The van der Waals surface area contributed by atoms with Crippen LogP contribution in [-0.2, 0) is 6.42 Å². The maximum atomic E-state index is 12.2. The van der Waals surface area contributed by atoms with Crippen molar-refractivity contribution in [2.45, 2.75) is 19.8 Å². The normalized spacial score (nSPS) is 17.5. The minimum atomic E-state index is -0.573. The number of fused-ring (bicyclic) bond motifs is 1. The van der Waals surface area contributed by atoms with Crippen LogP contribution >= 0.6 is 11.6 Å². The molecule has 1 aliphatic rings. The highest BCUT2D eigenvalue weighted by atomic mass is 35.5. The van der Waals surface area contributed by atoms with Crippen LogP contribution < -0.4 is 15.9 Å². The quantitative estimate of drug-likeness (QED) is 0.877. The van der Waals surface area contributed by atoms with E-state index in [0.717, 1.165) is 0 Å². The number of rotatable bonds is 4. The molecule has 1 aliphatic carbocycles. The highest BCUT2D eigenvalue weighted by molar-refractivity contribution is 6.31. The van der Waals surface area contributed by atoms with Crippen LogP contribution in [0.15, 0.2) is 43.0 Å². The van der Waals surface area contributed by atoms with Gasteiger partial charge in [-0.1, -0.05) is 24.6 Å². The second-order valence-electron chi connectivity index (χ2n) is 5.40. The lowest BCUT2D eigenvalue weighted by atomic mass is 10.00. The van der Waals surface area contributed by atoms with E-state index in [1.54, 1.807) is 6.08 Å². The Kier molecular flexibility index (Phi) is 4.44. The molecule has 126 valence electrons. The van der Waals surface area contributed by atoms with Gasteiger partial charge in [0.1, 0.15) is 17.8 Å². The average molecular weight is 351 g/mol. The van der Waals surface area contributed by atoms with Crippen molar-refractivity contribution >= 4 is 22.7 Å². The van der Waals surface area contributed by atoms with E-state index in [-0.39, 0.29) is 35.4 Å². The molecule has 1 unspecified atom stereocenters. The Labute approximate surface area is 141 Å². The Balaban J connectivity index is 1.88. The van der Waals surface area contributed by atoms with Crippen molar-refractivity contribution < 1.29 is 14.3 Å². The van der Waals surface area contributed by atoms with Gasteiger partial charge in [-0.25, -0.2) is 4.79 Å². The molecule has 2 aromatic rings. The molecule has 24 heavy (non-hydrogen) atoms. The van der Waals surface area contributed by atoms with Gasteiger partial charge in [0.25, 0.3) is 11.6 Å². The van der Waals surface area contributed by atoms with Gasteiger partial charge < -0.3 is 14.3 Å². The molecule has 7 nitrogen and oxygen atoms in total. The van der Waals surface area contributed by atoms with Gasteiger partial charge in [-0.3, -0.25) is 9.78 Å². The number of halogens is 1. The van der Waals surface area contributed by atoms with Crippen LogP contribution in [0.1, 0.15) is 18.9 Å². The van der Waals surface area contributed by atoms with Gasteiger partial charge in [-0.15, -0.1) is 0 Å². The first-order valence-electron chi connectivity index (χ1n) is 7.44. The number of ether oxygens (including phenoxy) is 1. The summed E-state index contributed by atoms with van der Waals surface area (Å²) in [4.78, 5) is 30.3. The fourth-order valence-corrected chi connectivity index (χ4v) is 2.70. The first-order chi connectivity index (χ1) is 11.5. The number of aryl methyl sites for hydroxylation is 1. The predicted octanol–water partition coefficient (Wildman–Crippen LogP) is 2.40. The molecule has 0 radical (unpaired) electrons. The van der Waals surface area contributed by atoms with Crippen LogP contribution in [0.25, 0.3) is 11.1 Å². The first-order valence-corrected chi connectivity index (χ1v) is 7.81. The van der Waals surface area contributed by atoms with Gasteiger partial charge in [-0.05, 0) is 24.5 Å². The van der Waals surface area contributed by atoms with E-state index in [2.05, 4.69) is 9.97 Å². The van der Waals surface area contributed by atoms with Crippen molar-refractivity contribution in [3.05, 3.63) is 55.3 Å². The predicted molar refractivity (Wildman–Crippen MR) is 88.5 cm³/mol. The molecule has 0 spiro atoms. The minimum Gasteiger partial charge on any atom is -0.512 e. The summed E-state index contributed by atoms with van der Waals surface area (Å²) in [6, 6.07) is 1.21. The van der Waals surface area contributed by atoms with Crippen LogP contribution in [0.4, 0.5) is 0 Å². The van der Waals surface area contributed by atoms with Crippen LogP contribution in [0, 0.1) is 5.92 Å². The number of H-pyrrole nitrogens is 1. The van der Waals surface area contributed by atoms with Crippen LogP contribution in [-0.4, -0.2) is 21.7 Å². The molecule has 0 bridgehead atoms. The number of aliphatic hydroxyl groups excluding tert-OH is 1. The molecule has 0 amide bonds. The molecule has 8 heteroatoms. The zero-order valence-corrected chi connectivity index (χ0v) is 13.6. The third kappa shape index (κ3) is 3.21. The summed E-state index contributed by atoms with van der Waals surface area (Å²) in [6.07, 6.45) is 4.22. The van der Waals surface area contributed by atoms with Gasteiger partial charge >= 0.3 is 5.63 Å². The Hall–Kier alpha value is -2.54. The Morgan fingerprint density at radius 2 is 2.29 bits per heavy atom. The minimum absolute atomic E-state index is 0.0653. The highest BCUT2D eigenvalue weighted by Gasteiger charge is 2.19. The molecular formula is C16H15ClN2O5. The number of aliphatic hydroxyl groups is 1. The lowest BCUT2D eigenvalue weighted by Crippen LogP contribution is -2.20. The van der Waals surface area contributed by atoms with Gasteiger partial charge in [0.15, 0.2) is 0 Å². The average Bonchev–Trinajstić information content (AvgIpc) is 2.52. The fourth-order valence-electron chi connectivity index (χ4n) is 2.50. The van der Waals surface area contributed by atoms with Gasteiger partial charge in [0.2, 0.25) is 5.71 Å². The summed E-state index contributed by atoms with van der Waals surface area (Å²) in [5.41, 5.74) is -0.517. The number of aromatic amines is 1. The SMILES string of the molecule is CCc1cc(=O)oc2nc(OCC3CC=C(Cl)C=C3O)[nH]c(=O)c12. The van der Waals surface area contributed by atoms with Gasteiger partial charge in [-0.2, -0.15) is 4.98 Å². The Bertz CT molecular complexity index is 957. The van der Waals surface area contributed by atoms with Crippen LogP contribution in [0.2, 0.25) is 0 Å². The maximum absolute atomic E-state index is 12.2. The van der Waals surface area contributed by atoms with Crippen LogP contribution in [0.3, 0.4) is 0 Å². The number of hydrogen-bond donors (Lipinski definition) is 2. The summed E-state index contributed by atoms with van der Waals surface area (Å²) in [6.45, 7) is 1.92. The number of nitrogens with zero attached hydrogens (tertiary/aromatic N) is 1. The molecule has 0 saturated heterocycles. The van der Waals surface area contributed by atoms with E-state index >= 15 is 0 Å². The van der Waals surface area contributed by atoms with Gasteiger partial charge in [0, 0.05) is 11.1 Å². The third-order valence-corrected chi connectivity index (χ3v) is 4.04. The molecule has 2 aromatic heterocycles. The Morgan fingerprint density at radius 3 is 3.00 bits per heavy atom. The standard InChI is InChI=1S/C16H15ClN2O5/c1-2-8-5-12(21)24-15-13(8)14(22)18-16(19-15)23-7-9-3-4-10(17)6-11(9)20/h4-6,9,20H,2-3,7H2,1H3,(H,18,19,22). The summed E-state index contributed by atoms with van der Waals surface area (Å²) in [5.74, 6) is -0.187. The molecule has 0 fully saturated rings. The molecule has 0 aliphatic heterocycles. The largest absolute Gasteiger partial charge is 0.512 e. The molecule has 0 saturated carbocycles. The van der Waals surface area contributed by atoms with E-state index in [0.29, 0.717) is 23.4 Å². The van der Waals surface area contributed by atoms with Crippen molar-refractivity contribution in [3.8, 4) is 6.01 Å². The van der Waals surface area contributed by atoms with Crippen molar-refractivity contribution in [2.24, 2.45) is 5.92 Å². The van der Waals surface area contributed by atoms with E-state index in [1.165, 1.54) is 12.1 Å². The molecule has 3 rings (SSSR count). The van der Waals surface area contributed by atoms with Gasteiger partial charge in [0.05, 0.1) is 5.92 Å². The molecule has 1 atom stereocenters. The molecule has 2 N–H and O–H groups in total. The number of allylic oxidation sites excluding steroid dienone is 3. The summed E-state index contributed by atoms with van der Waals surface area (Å²) < 4.78 is 10.4. The molecule has 0 aromatic carbocycles. The van der Waals surface area contributed by atoms with E-state index in [4.69, 9.17) is 20.8 Å². The zero-order valence-electron chi connectivity index (χ0n) is 12.8. The summed E-state index contributed by atoms with van der Waals surface area (Å²) in [5, 5.41) is 10.6. The first kappa shape index (κ1) is 16.3. The van der Waals surface area contributed by atoms with Crippen molar-refractivity contribution in [2.75, 3.05) is 6.61 Å². The monoisotopic (exact) mass is 350 g/mol. The van der Waals surface area contributed by atoms with E-state index < -0.39 is 11.2 Å².